The van der Waals surface area contributed by atoms with Gasteiger partial charge in [-0.2, -0.15) is 18.4 Å². The van der Waals surface area contributed by atoms with E-state index in [4.69, 9.17) is 16.3 Å². The summed E-state index contributed by atoms with van der Waals surface area (Å²) in [6.07, 6.45) is -4.63. The lowest BCUT2D eigenvalue weighted by Gasteiger charge is -2.35. The highest BCUT2D eigenvalue weighted by atomic mass is 79.9. The molecule has 0 spiro atoms. The monoisotopic (exact) mass is 409 g/mol. The van der Waals surface area contributed by atoms with Crippen molar-refractivity contribution in [2.24, 2.45) is 0 Å². The third-order valence-electron chi connectivity index (χ3n) is 3.13. The molecule has 9 heteroatoms. The molecule has 0 amide bonds. The fourth-order valence-electron chi connectivity index (χ4n) is 2.19. The minimum atomic E-state index is -4.63. The molecule has 0 saturated carbocycles. The van der Waals surface area contributed by atoms with Crippen molar-refractivity contribution in [2.75, 3.05) is 18.3 Å². The van der Waals surface area contributed by atoms with E-state index in [9.17, 15) is 18.4 Å². The molecule has 1 aliphatic rings. The number of hydrogen-bond donors (Lipinski definition) is 0. The molecule has 0 radical (unpaired) electrons. The van der Waals surface area contributed by atoms with E-state index in [-0.39, 0.29) is 17.8 Å². The molecule has 1 aliphatic heterocycles. The van der Waals surface area contributed by atoms with Crippen molar-refractivity contribution in [3.63, 3.8) is 0 Å². The molecule has 0 aromatic heterocycles. The second-order valence-corrected chi connectivity index (χ2v) is 5.86. The summed E-state index contributed by atoms with van der Waals surface area (Å²) in [6.45, 7) is 1.59. The first kappa shape index (κ1) is 17.9. The molecule has 1 atom stereocenters. The van der Waals surface area contributed by atoms with Crippen LogP contribution in [0.5, 0.6) is 0 Å². The lowest BCUT2D eigenvalue weighted by molar-refractivity contribution is -0.119. The fourth-order valence-corrected chi connectivity index (χ4v) is 3.04. The predicted molar refractivity (Wildman–Crippen MR) is 83.7 cm³/mol. The SMILES string of the molecule is CCOCN1C(C(F)(F)F)=C(Br)C(C#N)N1c1ccc(Cl)cc1. The van der Waals surface area contributed by atoms with Gasteiger partial charge in [0.25, 0.3) is 0 Å². The van der Waals surface area contributed by atoms with Crippen LogP contribution in [0.25, 0.3) is 0 Å². The Morgan fingerprint density at radius 1 is 1.35 bits per heavy atom. The van der Waals surface area contributed by atoms with Crippen LogP contribution in [-0.4, -0.2) is 30.6 Å². The van der Waals surface area contributed by atoms with Crippen LogP contribution in [0.1, 0.15) is 6.92 Å². The van der Waals surface area contributed by atoms with Crippen molar-refractivity contribution in [1.82, 2.24) is 5.01 Å². The van der Waals surface area contributed by atoms with Gasteiger partial charge in [-0.3, -0.25) is 10.0 Å². The summed E-state index contributed by atoms with van der Waals surface area (Å²) in [7, 11) is 0. The lowest BCUT2D eigenvalue weighted by atomic mass is 10.2. The van der Waals surface area contributed by atoms with Crippen molar-refractivity contribution >= 4 is 33.2 Å². The molecule has 1 aromatic carbocycles. The first-order valence-electron chi connectivity index (χ1n) is 6.57. The molecule has 1 unspecified atom stereocenters. The highest BCUT2D eigenvalue weighted by Crippen LogP contribution is 2.44. The fraction of sp³-hybridized carbons (Fsp3) is 0.357. The summed E-state index contributed by atoms with van der Waals surface area (Å²) in [6, 6.07) is 6.92. The van der Waals surface area contributed by atoms with Gasteiger partial charge in [-0.25, -0.2) is 0 Å². The Bertz CT molecular complexity index is 642. The quantitative estimate of drug-likeness (QED) is 0.736. The van der Waals surface area contributed by atoms with Crippen LogP contribution < -0.4 is 5.01 Å². The molecule has 0 bridgehead atoms. The van der Waals surface area contributed by atoms with Gasteiger partial charge in [0.1, 0.15) is 6.73 Å². The van der Waals surface area contributed by atoms with Crippen molar-refractivity contribution in [3.05, 3.63) is 39.5 Å². The number of allylic oxidation sites excluding steroid dienone is 1. The summed E-state index contributed by atoms with van der Waals surface area (Å²) in [5, 5.41) is 11.9. The molecule has 0 fully saturated rings. The van der Waals surface area contributed by atoms with E-state index in [1.807, 2.05) is 6.07 Å². The topological polar surface area (TPSA) is 39.5 Å². The summed E-state index contributed by atoms with van der Waals surface area (Å²) < 4.78 is 45.1. The zero-order valence-corrected chi connectivity index (χ0v) is 14.3. The maximum Gasteiger partial charge on any atom is 0.433 e. The Morgan fingerprint density at radius 2 is 1.96 bits per heavy atom. The molecule has 1 aromatic rings. The number of nitriles is 1. The molecule has 4 nitrogen and oxygen atoms in total. The number of anilines is 1. The number of nitrogens with zero attached hydrogens (tertiary/aromatic N) is 3. The zero-order chi connectivity index (χ0) is 17.2. The van der Waals surface area contributed by atoms with Crippen molar-refractivity contribution < 1.29 is 17.9 Å². The third kappa shape index (κ3) is 3.57. The summed E-state index contributed by atoms with van der Waals surface area (Å²) >= 11 is 8.74. The van der Waals surface area contributed by atoms with E-state index in [1.54, 1.807) is 31.2 Å². The minimum absolute atomic E-state index is 0.241. The molecule has 0 saturated heterocycles. The van der Waals surface area contributed by atoms with E-state index >= 15 is 0 Å². The number of hydrazine groups is 1. The molecule has 0 aliphatic carbocycles. The third-order valence-corrected chi connectivity index (χ3v) is 4.19. The number of alkyl halides is 3. The first-order chi connectivity index (χ1) is 10.8. The van der Waals surface area contributed by atoms with Crippen LogP contribution in [-0.2, 0) is 4.74 Å². The van der Waals surface area contributed by atoms with Crippen LogP contribution in [0.4, 0.5) is 18.9 Å². The Labute approximate surface area is 144 Å². The van der Waals surface area contributed by atoms with Gasteiger partial charge in [0.2, 0.25) is 0 Å². The Hall–Kier alpha value is -1.43. The normalized spacial score (nSPS) is 18.6. The molecule has 23 heavy (non-hydrogen) atoms. The average Bonchev–Trinajstić information content (AvgIpc) is 2.77. The lowest BCUT2D eigenvalue weighted by Crippen LogP contribution is -2.45. The second kappa shape index (κ2) is 6.99. The number of hydrogen-bond acceptors (Lipinski definition) is 4. The highest BCUT2D eigenvalue weighted by Gasteiger charge is 2.50. The van der Waals surface area contributed by atoms with E-state index in [1.165, 1.54) is 5.01 Å². The van der Waals surface area contributed by atoms with Gasteiger partial charge in [-0.1, -0.05) is 11.6 Å². The highest BCUT2D eigenvalue weighted by molar-refractivity contribution is 9.11. The molecule has 124 valence electrons. The van der Waals surface area contributed by atoms with Gasteiger partial charge >= 0.3 is 6.18 Å². The first-order valence-corrected chi connectivity index (χ1v) is 7.74. The average molecular weight is 411 g/mol. The molecular formula is C14H12BrClF3N3O. The van der Waals surface area contributed by atoms with Crippen LogP contribution in [0.2, 0.25) is 5.02 Å². The summed E-state index contributed by atoms with van der Waals surface area (Å²) in [5.74, 6) is 0. The van der Waals surface area contributed by atoms with Crippen molar-refractivity contribution in [1.29, 1.82) is 5.26 Å². The van der Waals surface area contributed by atoms with Gasteiger partial charge in [0, 0.05) is 11.6 Å². The summed E-state index contributed by atoms with van der Waals surface area (Å²) in [4.78, 5) is 0. The van der Waals surface area contributed by atoms with Gasteiger partial charge < -0.3 is 4.74 Å². The zero-order valence-electron chi connectivity index (χ0n) is 11.9. The van der Waals surface area contributed by atoms with E-state index < -0.39 is 17.9 Å². The number of rotatable bonds is 4. The Morgan fingerprint density at radius 3 is 2.43 bits per heavy atom. The maximum absolute atomic E-state index is 13.4. The molecule has 1 heterocycles. The molecule has 2 rings (SSSR count). The van der Waals surface area contributed by atoms with Gasteiger partial charge in [-0.05, 0) is 47.1 Å². The van der Waals surface area contributed by atoms with Crippen LogP contribution >= 0.6 is 27.5 Å². The van der Waals surface area contributed by atoms with Gasteiger partial charge in [-0.15, -0.1) is 0 Å². The van der Waals surface area contributed by atoms with Crippen LogP contribution in [0.3, 0.4) is 0 Å². The maximum atomic E-state index is 13.4. The van der Waals surface area contributed by atoms with Crippen molar-refractivity contribution in [2.45, 2.75) is 19.1 Å². The van der Waals surface area contributed by atoms with E-state index in [0.29, 0.717) is 10.7 Å². The minimum Gasteiger partial charge on any atom is -0.360 e. The van der Waals surface area contributed by atoms with Crippen LogP contribution in [0, 0.1) is 11.3 Å². The van der Waals surface area contributed by atoms with Crippen LogP contribution in [0.15, 0.2) is 34.4 Å². The van der Waals surface area contributed by atoms with Gasteiger partial charge in [0.15, 0.2) is 11.7 Å². The van der Waals surface area contributed by atoms with E-state index in [0.717, 1.165) is 5.01 Å². The standard InChI is InChI=1S/C14H12BrClF3N3O/c1-2-23-8-21-13(14(17,18)19)12(15)11(7-20)22(21)10-5-3-9(16)4-6-10/h3-6,11H,2,8H2,1H3. The molecule has 0 N–H and O–H groups in total. The Balaban J connectivity index is 2.51. The molecular weight excluding hydrogens is 399 g/mol. The second-order valence-electron chi connectivity index (χ2n) is 4.57. The smallest absolute Gasteiger partial charge is 0.360 e. The number of ether oxygens (including phenoxy) is 1. The van der Waals surface area contributed by atoms with Crippen molar-refractivity contribution in [3.8, 4) is 6.07 Å². The largest absolute Gasteiger partial charge is 0.433 e. The number of halogens is 5. The number of benzene rings is 1. The predicted octanol–water partition coefficient (Wildman–Crippen LogP) is 4.43. The van der Waals surface area contributed by atoms with E-state index in [2.05, 4.69) is 15.9 Å². The van der Waals surface area contributed by atoms with Gasteiger partial charge in [0.05, 0.1) is 16.2 Å². The Kier molecular flexibility index (Phi) is 5.45. The summed E-state index contributed by atoms with van der Waals surface area (Å²) in [5.41, 5.74) is -0.552.